The summed E-state index contributed by atoms with van der Waals surface area (Å²) in [6.07, 6.45) is 0. The van der Waals surface area contributed by atoms with Gasteiger partial charge in [-0.1, -0.05) is 103 Å². The number of nitrogens with zero attached hydrogens (tertiary/aromatic N) is 2. The first-order valence-electron chi connectivity index (χ1n) is 15.3. The van der Waals surface area contributed by atoms with Gasteiger partial charge in [-0.05, 0) is 51.7 Å². The molecule has 0 saturated heterocycles. The number of fused-ring (bicyclic) bond motifs is 11. The van der Waals surface area contributed by atoms with E-state index in [1.165, 1.54) is 74.1 Å². The number of hydrogen-bond donors (Lipinski definition) is 0. The van der Waals surface area contributed by atoms with Gasteiger partial charge < -0.3 is 0 Å². The van der Waals surface area contributed by atoms with Crippen LogP contribution in [0, 0.1) is 0 Å². The second-order valence-corrected chi connectivity index (χ2v) is 14.2. The van der Waals surface area contributed by atoms with E-state index < -0.39 is 0 Å². The molecule has 6 aromatic carbocycles. The Morgan fingerprint density at radius 2 is 1.27 bits per heavy atom. The molecule has 2 aliphatic carbocycles. The average Bonchev–Trinajstić information content (AvgIpc) is 3.82. The van der Waals surface area contributed by atoms with E-state index in [1.54, 1.807) is 0 Å². The van der Waals surface area contributed by atoms with Crippen LogP contribution in [-0.4, -0.2) is 9.97 Å². The average molecular weight is 607 g/mol. The van der Waals surface area contributed by atoms with Crippen molar-refractivity contribution in [2.24, 2.45) is 0 Å². The zero-order valence-corrected chi connectivity index (χ0v) is 25.5. The SMILES string of the molecule is c1ccc2c(c1)-c1c(sc3c1-c1cccc4cccc-3c14)C2c1nc2ccccc2nc1-c1ccc2c(c1)sc1ccccc12. The lowest BCUT2D eigenvalue weighted by Gasteiger charge is -2.17. The molecule has 0 N–H and O–H groups in total. The fraction of sp³-hybridized carbons (Fsp3) is 0.0244. The zero-order chi connectivity index (χ0) is 29.2. The van der Waals surface area contributed by atoms with Crippen LogP contribution in [0.1, 0.15) is 22.1 Å². The fourth-order valence-electron chi connectivity index (χ4n) is 7.79. The highest BCUT2D eigenvalue weighted by molar-refractivity contribution is 7.25. The topological polar surface area (TPSA) is 25.8 Å². The lowest BCUT2D eigenvalue weighted by molar-refractivity contribution is 0.966. The Labute approximate surface area is 266 Å². The van der Waals surface area contributed by atoms with E-state index in [1.807, 2.05) is 22.7 Å². The van der Waals surface area contributed by atoms with Crippen LogP contribution in [0.25, 0.3) is 85.9 Å². The smallest absolute Gasteiger partial charge is 0.0935 e. The van der Waals surface area contributed by atoms with Gasteiger partial charge in [0, 0.05) is 52.2 Å². The summed E-state index contributed by atoms with van der Waals surface area (Å²) in [5.41, 5.74) is 13.1. The normalized spacial score (nSPS) is 14.4. The molecular weight excluding hydrogens is 585 g/mol. The van der Waals surface area contributed by atoms with Gasteiger partial charge in [0.2, 0.25) is 0 Å². The Balaban J connectivity index is 1.20. The van der Waals surface area contributed by atoms with Crippen molar-refractivity contribution in [2.75, 3.05) is 0 Å². The highest BCUT2D eigenvalue weighted by Gasteiger charge is 2.40. The standard InChI is InChI=1S/C41H22N2S2/c1-2-13-27-26(12-1)35-36-28-14-7-9-22-10-8-15-29(34(22)28)40(36)45-41(35)37(27)39-38(42-30-16-4-5-17-31(30)43-39)23-19-20-25-24-11-3-6-18-32(24)44-33(25)21-23/h1-21,37H. The van der Waals surface area contributed by atoms with E-state index in [-0.39, 0.29) is 5.92 Å². The maximum atomic E-state index is 5.47. The predicted octanol–water partition coefficient (Wildman–Crippen LogP) is 11.7. The molecule has 0 saturated carbocycles. The third kappa shape index (κ3) is 3.18. The van der Waals surface area contributed by atoms with Crippen LogP contribution >= 0.6 is 22.7 Å². The summed E-state index contributed by atoms with van der Waals surface area (Å²) in [7, 11) is 0. The van der Waals surface area contributed by atoms with E-state index >= 15 is 0 Å². The summed E-state index contributed by atoms with van der Waals surface area (Å²) >= 11 is 3.80. The monoisotopic (exact) mass is 606 g/mol. The molecule has 11 rings (SSSR count). The summed E-state index contributed by atoms with van der Waals surface area (Å²) in [4.78, 5) is 13.6. The van der Waals surface area contributed by atoms with Gasteiger partial charge >= 0.3 is 0 Å². The van der Waals surface area contributed by atoms with Crippen LogP contribution in [0.15, 0.2) is 127 Å². The number of aromatic nitrogens is 2. The lowest BCUT2D eigenvalue weighted by atomic mass is 9.93. The molecule has 3 aromatic heterocycles. The van der Waals surface area contributed by atoms with E-state index in [0.717, 1.165) is 28.0 Å². The van der Waals surface area contributed by atoms with Gasteiger partial charge in [0.15, 0.2) is 0 Å². The maximum Gasteiger partial charge on any atom is 0.0935 e. The van der Waals surface area contributed by atoms with E-state index in [9.17, 15) is 0 Å². The zero-order valence-electron chi connectivity index (χ0n) is 23.9. The molecule has 9 aromatic rings. The Hall–Kier alpha value is -5.16. The van der Waals surface area contributed by atoms with Crippen molar-refractivity contribution >= 4 is 64.7 Å². The van der Waals surface area contributed by atoms with Gasteiger partial charge in [-0.15, -0.1) is 22.7 Å². The molecule has 0 amide bonds. The molecule has 45 heavy (non-hydrogen) atoms. The van der Waals surface area contributed by atoms with E-state index in [0.29, 0.717) is 0 Å². The number of benzene rings is 6. The number of thiophene rings is 2. The van der Waals surface area contributed by atoms with Gasteiger partial charge in [0.05, 0.1) is 28.3 Å². The van der Waals surface area contributed by atoms with Crippen molar-refractivity contribution in [3.63, 3.8) is 0 Å². The van der Waals surface area contributed by atoms with Crippen molar-refractivity contribution in [3.05, 3.63) is 144 Å². The minimum absolute atomic E-state index is 0.00313. The van der Waals surface area contributed by atoms with Crippen molar-refractivity contribution in [1.82, 2.24) is 9.97 Å². The van der Waals surface area contributed by atoms with Gasteiger partial charge in [-0.3, -0.25) is 0 Å². The molecule has 0 radical (unpaired) electrons. The summed E-state index contributed by atoms with van der Waals surface area (Å²) in [6.45, 7) is 0. The second-order valence-electron chi connectivity index (χ2n) is 12.0. The first kappa shape index (κ1) is 24.2. The van der Waals surface area contributed by atoms with Crippen molar-refractivity contribution < 1.29 is 0 Å². The second kappa shape index (κ2) is 8.72. The molecule has 208 valence electrons. The Morgan fingerprint density at radius 1 is 0.533 bits per heavy atom. The van der Waals surface area contributed by atoms with Crippen LogP contribution in [0.3, 0.4) is 0 Å². The molecule has 0 fully saturated rings. The maximum absolute atomic E-state index is 5.47. The number of hydrogen-bond acceptors (Lipinski definition) is 4. The predicted molar refractivity (Wildman–Crippen MR) is 190 cm³/mol. The lowest BCUT2D eigenvalue weighted by Crippen LogP contribution is -2.06. The van der Waals surface area contributed by atoms with E-state index in [4.69, 9.17) is 9.97 Å². The van der Waals surface area contributed by atoms with Gasteiger partial charge in [-0.25, -0.2) is 9.97 Å². The third-order valence-corrected chi connectivity index (χ3v) is 12.1. The van der Waals surface area contributed by atoms with Crippen molar-refractivity contribution in [3.8, 4) is 44.0 Å². The Bertz CT molecular complexity index is 2720. The minimum Gasteiger partial charge on any atom is -0.248 e. The van der Waals surface area contributed by atoms with Crippen LogP contribution in [0.2, 0.25) is 0 Å². The quantitative estimate of drug-likeness (QED) is 0.196. The third-order valence-electron chi connectivity index (χ3n) is 9.68. The molecule has 4 heteroatoms. The number of para-hydroxylation sites is 2. The Kier molecular flexibility index (Phi) is 4.69. The number of rotatable bonds is 2. The van der Waals surface area contributed by atoms with Crippen molar-refractivity contribution in [1.29, 1.82) is 0 Å². The Morgan fingerprint density at radius 3 is 2.18 bits per heavy atom. The highest BCUT2D eigenvalue weighted by atomic mass is 32.1. The van der Waals surface area contributed by atoms with Crippen LogP contribution in [0.4, 0.5) is 0 Å². The van der Waals surface area contributed by atoms with Gasteiger partial charge in [0.1, 0.15) is 0 Å². The van der Waals surface area contributed by atoms with Crippen molar-refractivity contribution in [2.45, 2.75) is 5.92 Å². The molecule has 2 nitrogen and oxygen atoms in total. The first-order valence-corrected chi connectivity index (χ1v) is 16.9. The molecule has 1 atom stereocenters. The molecule has 1 unspecified atom stereocenters. The molecule has 0 aliphatic heterocycles. The summed E-state index contributed by atoms with van der Waals surface area (Å²) < 4.78 is 2.59. The summed E-state index contributed by atoms with van der Waals surface area (Å²) in [5.74, 6) is 0.00313. The van der Waals surface area contributed by atoms with Crippen LogP contribution in [0.5, 0.6) is 0 Å². The largest absolute Gasteiger partial charge is 0.248 e. The molecule has 2 aliphatic rings. The van der Waals surface area contributed by atoms with E-state index in [2.05, 4.69) is 127 Å². The highest BCUT2D eigenvalue weighted by Crippen LogP contribution is 2.63. The van der Waals surface area contributed by atoms with Crippen LogP contribution < -0.4 is 0 Å². The molecular formula is C41H22N2S2. The van der Waals surface area contributed by atoms with Gasteiger partial charge in [-0.2, -0.15) is 0 Å². The molecule has 3 heterocycles. The first-order chi connectivity index (χ1) is 22.3. The minimum atomic E-state index is 0.00313. The molecule has 0 spiro atoms. The summed E-state index contributed by atoms with van der Waals surface area (Å²) in [6, 6.07) is 46.3. The fourth-order valence-corrected chi connectivity index (χ4v) is 10.4. The van der Waals surface area contributed by atoms with Gasteiger partial charge in [0.25, 0.3) is 0 Å². The van der Waals surface area contributed by atoms with Crippen LogP contribution in [-0.2, 0) is 0 Å². The summed E-state index contributed by atoms with van der Waals surface area (Å²) in [5, 5.41) is 5.30. The molecule has 0 bridgehead atoms.